The number of urea groups is 1. The van der Waals surface area contributed by atoms with Gasteiger partial charge in [0, 0.05) is 56.9 Å². The van der Waals surface area contributed by atoms with Gasteiger partial charge in [-0.3, -0.25) is 14.6 Å². The van der Waals surface area contributed by atoms with Crippen LogP contribution in [0.3, 0.4) is 0 Å². The van der Waals surface area contributed by atoms with Crippen molar-refractivity contribution < 1.29 is 23.9 Å². The minimum atomic E-state index is -0.685. The zero-order chi connectivity index (χ0) is 24.2. The smallest absolute Gasteiger partial charge is 0.338 e. The number of methoxy groups -OCH3 is 1. The van der Waals surface area contributed by atoms with Gasteiger partial charge in [0.05, 0.1) is 25.3 Å². The van der Waals surface area contributed by atoms with Crippen LogP contribution < -0.4 is 10.1 Å². The molecule has 3 amide bonds. The summed E-state index contributed by atoms with van der Waals surface area (Å²) in [5.74, 6) is 0.586. The Kier molecular flexibility index (Phi) is 7.41. The van der Waals surface area contributed by atoms with Gasteiger partial charge in [0.15, 0.2) is 0 Å². The van der Waals surface area contributed by atoms with Gasteiger partial charge in [-0.1, -0.05) is 24.6 Å². The van der Waals surface area contributed by atoms with E-state index in [2.05, 4.69) is 10.2 Å². The predicted octanol–water partition coefficient (Wildman–Crippen LogP) is 2.15. The number of piperazine rings is 1. The lowest BCUT2D eigenvalue weighted by Gasteiger charge is -2.41. The molecule has 0 spiro atoms. The maximum Gasteiger partial charge on any atom is 0.338 e. The summed E-state index contributed by atoms with van der Waals surface area (Å²) < 4.78 is 10.9. The van der Waals surface area contributed by atoms with Gasteiger partial charge in [0.2, 0.25) is 5.91 Å². The highest BCUT2D eigenvalue weighted by Gasteiger charge is 2.39. The normalized spacial score (nSPS) is 21.7. The molecule has 1 saturated carbocycles. The molecule has 9 nitrogen and oxygen atoms in total. The van der Waals surface area contributed by atoms with Crippen LogP contribution in [-0.4, -0.2) is 86.1 Å². The first-order valence-electron chi connectivity index (χ1n) is 12.0. The number of hydrogen-bond donors (Lipinski definition) is 1. The summed E-state index contributed by atoms with van der Waals surface area (Å²) in [4.78, 5) is 44.3. The van der Waals surface area contributed by atoms with E-state index >= 15 is 0 Å². The summed E-state index contributed by atoms with van der Waals surface area (Å²) in [5, 5.41) is 2.94. The lowest BCUT2D eigenvalue weighted by Crippen LogP contribution is -2.54. The second kappa shape index (κ2) is 10.5. The van der Waals surface area contributed by atoms with Gasteiger partial charge in [0.25, 0.3) is 0 Å². The number of carbonyl (C=O) groups is 3. The van der Waals surface area contributed by atoms with Crippen LogP contribution in [0, 0.1) is 5.92 Å². The molecule has 2 fully saturated rings. The van der Waals surface area contributed by atoms with Gasteiger partial charge in [-0.15, -0.1) is 0 Å². The Labute approximate surface area is 200 Å². The molecule has 1 aliphatic carbocycles. The van der Waals surface area contributed by atoms with E-state index in [0.717, 1.165) is 19.3 Å². The first kappa shape index (κ1) is 24.1. The number of benzene rings is 1. The Morgan fingerprint density at radius 1 is 1.12 bits per heavy atom. The number of rotatable bonds is 7. The molecule has 1 saturated heterocycles. The van der Waals surface area contributed by atoms with Crippen LogP contribution in [0.15, 0.2) is 35.5 Å². The van der Waals surface area contributed by atoms with Crippen LogP contribution >= 0.6 is 0 Å². The molecule has 1 N–H and O–H groups in total. The van der Waals surface area contributed by atoms with Crippen molar-refractivity contribution >= 4 is 17.9 Å². The zero-order valence-corrected chi connectivity index (χ0v) is 20.2. The summed E-state index contributed by atoms with van der Waals surface area (Å²) in [7, 11) is 3.23. The van der Waals surface area contributed by atoms with Crippen LogP contribution in [0.25, 0.3) is 0 Å². The highest BCUT2D eigenvalue weighted by molar-refractivity contribution is 5.95. The molecular weight excluding hydrogens is 436 g/mol. The molecule has 4 rings (SSSR count). The van der Waals surface area contributed by atoms with E-state index in [-0.39, 0.29) is 24.5 Å². The van der Waals surface area contributed by atoms with Crippen molar-refractivity contribution in [1.29, 1.82) is 0 Å². The van der Waals surface area contributed by atoms with E-state index in [1.165, 1.54) is 4.90 Å². The van der Waals surface area contributed by atoms with Crippen molar-refractivity contribution in [2.24, 2.45) is 5.92 Å². The molecule has 0 aromatic heterocycles. The van der Waals surface area contributed by atoms with Crippen molar-refractivity contribution in [1.82, 2.24) is 20.0 Å². The third kappa shape index (κ3) is 4.75. The lowest BCUT2D eigenvalue weighted by atomic mass is 9.84. The van der Waals surface area contributed by atoms with Gasteiger partial charge in [0.1, 0.15) is 5.75 Å². The standard InChI is InChI=1S/C25H34N4O5/c1-4-34-24(31)21-19(16-28-12-14-29(15-13-28)23(30)17-8-7-9-17)27(2)25(32)26-22(21)18-10-5-6-11-20(18)33-3/h5-6,10-11,17,22H,4,7-9,12-16H2,1-3H3,(H,26,32). The third-order valence-corrected chi connectivity index (χ3v) is 7.03. The third-order valence-electron chi connectivity index (χ3n) is 7.03. The molecule has 1 aromatic rings. The zero-order valence-electron chi connectivity index (χ0n) is 20.2. The molecule has 1 atom stereocenters. The average Bonchev–Trinajstić information content (AvgIpc) is 2.81. The fourth-order valence-corrected chi connectivity index (χ4v) is 4.79. The Hall–Kier alpha value is -3.07. The topological polar surface area (TPSA) is 91.4 Å². The van der Waals surface area contributed by atoms with Crippen LogP contribution in [0.2, 0.25) is 0 Å². The molecule has 1 aromatic carbocycles. The van der Waals surface area contributed by atoms with Gasteiger partial charge in [-0.2, -0.15) is 0 Å². The first-order valence-corrected chi connectivity index (χ1v) is 12.0. The predicted molar refractivity (Wildman–Crippen MR) is 126 cm³/mol. The number of hydrogen-bond acceptors (Lipinski definition) is 6. The number of likely N-dealkylation sites (N-methyl/N-ethyl adjacent to an activating group) is 1. The highest BCUT2D eigenvalue weighted by Crippen LogP contribution is 2.36. The van der Waals surface area contributed by atoms with E-state index < -0.39 is 12.0 Å². The fraction of sp³-hybridized carbons (Fsp3) is 0.560. The van der Waals surface area contributed by atoms with Crippen molar-refractivity contribution in [2.75, 3.05) is 53.5 Å². The molecule has 1 unspecified atom stereocenters. The second-order valence-corrected chi connectivity index (χ2v) is 8.99. The Morgan fingerprint density at radius 3 is 2.44 bits per heavy atom. The van der Waals surface area contributed by atoms with E-state index in [4.69, 9.17) is 9.47 Å². The number of carbonyl (C=O) groups excluding carboxylic acids is 3. The lowest BCUT2D eigenvalue weighted by molar-refractivity contribution is -0.140. The molecule has 0 radical (unpaired) electrons. The quantitative estimate of drug-likeness (QED) is 0.614. The molecule has 3 aliphatic rings. The molecule has 9 heteroatoms. The summed E-state index contributed by atoms with van der Waals surface area (Å²) in [5.41, 5.74) is 1.71. The monoisotopic (exact) mass is 470 g/mol. The van der Waals surface area contributed by atoms with Crippen LogP contribution in [-0.2, 0) is 14.3 Å². The van der Waals surface area contributed by atoms with E-state index in [1.54, 1.807) is 27.1 Å². The molecule has 184 valence electrons. The fourth-order valence-electron chi connectivity index (χ4n) is 4.79. The Morgan fingerprint density at radius 2 is 1.82 bits per heavy atom. The highest BCUT2D eigenvalue weighted by atomic mass is 16.5. The summed E-state index contributed by atoms with van der Waals surface area (Å²) in [6.07, 6.45) is 3.14. The minimum Gasteiger partial charge on any atom is -0.496 e. The van der Waals surface area contributed by atoms with Crippen molar-refractivity contribution in [3.05, 3.63) is 41.1 Å². The molecule has 34 heavy (non-hydrogen) atoms. The van der Waals surface area contributed by atoms with Gasteiger partial charge < -0.3 is 19.7 Å². The molecule has 2 aliphatic heterocycles. The molecular formula is C25H34N4O5. The number of esters is 1. The minimum absolute atomic E-state index is 0.194. The number of ether oxygens (including phenoxy) is 2. The van der Waals surface area contributed by atoms with Crippen LogP contribution in [0.1, 0.15) is 37.8 Å². The van der Waals surface area contributed by atoms with Gasteiger partial charge >= 0.3 is 12.0 Å². The second-order valence-electron chi connectivity index (χ2n) is 8.99. The summed E-state index contributed by atoms with van der Waals surface area (Å²) in [6, 6.07) is 6.37. The summed E-state index contributed by atoms with van der Waals surface area (Å²) in [6.45, 7) is 5.09. The maximum absolute atomic E-state index is 13.2. The van der Waals surface area contributed by atoms with Gasteiger partial charge in [-0.25, -0.2) is 9.59 Å². The van der Waals surface area contributed by atoms with E-state index in [9.17, 15) is 14.4 Å². The largest absolute Gasteiger partial charge is 0.496 e. The van der Waals surface area contributed by atoms with E-state index in [0.29, 0.717) is 55.3 Å². The summed E-state index contributed by atoms with van der Waals surface area (Å²) >= 11 is 0. The molecule has 2 heterocycles. The average molecular weight is 471 g/mol. The number of para-hydroxylation sites is 1. The van der Waals surface area contributed by atoms with Crippen molar-refractivity contribution in [2.45, 2.75) is 32.2 Å². The van der Waals surface area contributed by atoms with Crippen LogP contribution in [0.5, 0.6) is 5.75 Å². The number of nitrogens with zero attached hydrogens (tertiary/aromatic N) is 3. The van der Waals surface area contributed by atoms with Gasteiger partial charge in [-0.05, 0) is 25.8 Å². The molecule has 0 bridgehead atoms. The Balaban J connectivity index is 1.60. The van der Waals surface area contributed by atoms with E-state index in [1.807, 2.05) is 23.1 Å². The van der Waals surface area contributed by atoms with Crippen molar-refractivity contribution in [3.63, 3.8) is 0 Å². The maximum atomic E-state index is 13.2. The SMILES string of the molecule is CCOC(=O)C1=C(CN2CCN(C(=O)C3CCC3)CC2)N(C)C(=O)NC1c1ccccc1OC. The van der Waals surface area contributed by atoms with Crippen LogP contribution in [0.4, 0.5) is 4.79 Å². The number of nitrogens with one attached hydrogen (secondary N) is 1. The first-order chi connectivity index (χ1) is 16.4. The van der Waals surface area contributed by atoms with Crippen molar-refractivity contribution in [3.8, 4) is 5.75 Å². The number of amides is 3. The Bertz CT molecular complexity index is 966.